The molecule has 144 valence electrons. The Morgan fingerprint density at radius 1 is 0.929 bits per heavy atom. The zero-order valence-corrected chi connectivity index (χ0v) is 15.8. The molecule has 0 saturated heterocycles. The summed E-state index contributed by atoms with van der Waals surface area (Å²) < 4.78 is 11.2. The summed E-state index contributed by atoms with van der Waals surface area (Å²) in [5, 5.41) is 2.77. The molecule has 0 fully saturated rings. The van der Waals surface area contributed by atoms with Crippen LogP contribution in [0.5, 0.6) is 17.5 Å². The van der Waals surface area contributed by atoms with Crippen LogP contribution in [0.3, 0.4) is 0 Å². The summed E-state index contributed by atoms with van der Waals surface area (Å²) in [5.41, 5.74) is 1.02. The molecule has 3 rings (SSSR count). The van der Waals surface area contributed by atoms with E-state index in [2.05, 4.69) is 22.2 Å². The second-order valence-electron chi connectivity index (χ2n) is 6.20. The van der Waals surface area contributed by atoms with E-state index in [0.29, 0.717) is 23.6 Å². The van der Waals surface area contributed by atoms with Crippen LogP contribution in [0, 0.1) is 0 Å². The topological polar surface area (TPSA) is 73.3 Å². The maximum absolute atomic E-state index is 12.4. The molecule has 28 heavy (non-hydrogen) atoms. The number of nitrogens with zero attached hydrogens (tertiary/aromatic N) is 2. The van der Waals surface area contributed by atoms with E-state index in [9.17, 15) is 4.79 Å². The third kappa shape index (κ3) is 5.81. The molecule has 0 atom stereocenters. The minimum absolute atomic E-state index is 0.216. The molecule has 0 aliphatic rings. The van der Waals surface area contributed by atoms with Crippen molar-refractivity contribution in [1.82, 2.24) is 9.97 Å². The first-order valence-corrected chi connectivity index (χ1v) is 9.34. The van der Waals surface area contributed by atoms with Crippen LogP contribution in [0.15, 0.2) is 67.0 Å². The molecule has 1 N–H and O–H groups in total. The Morgan fingerprint density at radius 2 is 1.64 bits per heavy atom. The van der Waals surface area contributed by atoms with Gasteiger partial charge in [0, 0.05) is 5.56 Å². The van der Waals surface area contributed by atoms with Gasteiger partial charge in [0.2, 0.25) is 0 Å². The van der Waals surface area contributed by atoms with Crippen molar-refractivity contribution in [2.75, 3.05) is 11.9 Å². The number of ether oxygens (including phenoxy) is 2. The molecule has 0 radical (unpaired) electrons. The Kier molecular flexibility index (Phi) is 6.95. The summed E-state index contributed by atoms with van der Waals surface area (Å²) in [4.78, 5) is 20.6. The second-order valence-corrected chi connectivity index (χ2v) is 6.20. The summed E-state index contributed by atoms with van der Waals surface area (Å²) in [6, 6.07) is 16.5. The largest absolute Gasteiger partial charge is 0.494 e. The van der Waals surface area contributed by atoms with Crippen LogP contribution in [0.2, 0.25) is 0 Å². The number of rotatable bonds is 9. The maximum Gasteiger partial charge on any atom is 0.322 e. The predicted molar refractivity (Wildman–Crippen MR) is 108 cm³/mol. The van der Waals surface area contributed by atoms with Crippen molar-refractivity contribution < 1.29 is 14.3 Å². The normalized spacial score (nSPS) is 10.3. The van der Waals surface area contributed by atoms with Crippen molar-refractivity contribution in [3.63, 3.8) is 0 Å². The lowest BCUT2D eigenvalue weighted by molar-refractivity contribution is 0.102. The first-order chi connectivity index (χ1) is 13.7. The number of hydrogen-bond donors (Lipinski definition) is 1. The van der Waals surface area contributed by atoms with Gasteiger partial charge in [0.1, 0.15) is 11.5 Å². The third-order valence-corrected chi connectivity index (χ3v) is 3.97. The van der Waals surface area contributed by atoms with Gasteiger partial charge >= 0.3 is 6.01 Å². The first-order valence-electron chi connectivity index (χ1n) is 9.34. The van der Waals surface area contributed by atoms with E-state index in [0.717, 1.165) is 25.0 Å². The van der Waals surface area contributed by atoms with E-state index in [1.807, 2.05) is 30.3 Å². The second kappa shape index (κ2) is 10.1. The SMILES string of the molecule is CCCCCOc1ccc(C(=O)Nc2cnc(Oc3ccccc3)nc2)cc1. The molecule has 0 aliphatic heterocycles. The van der Waals surface area contributed by atoms with Gasteiger partial charge in [0.05, 0.1) is 24.7 Å². The molecular formula is C22H23N3O3. The van der Waals surface area contributed by atoms with E-state index in [-0.39, 0.29) is 11.9 Å². The van der Waals surface area contributed by atoms with Gasteiger partial charge in [-0.1, -0.05) is 38.0 Å². The molecule has 1 aromatic heterocycles. The van der Waals surface area contributed by atoms with E-state index in [1.54, 1.807) is 24.3 Å². The average Bonchev–Trinajstić information content (AvgIpc) is 2.74. The predicted octanol–water partition coefficient (Wildman–Crippen LogP) is 5.09. The van der Waals surface area contributed by atoms with Crippen LogP contribution in [0.1, 0.15) is 36.5 Å². The monoisotopic (exact) mass is 377 g/mol. The molecule has 1 heterocycles. The zero-order chi connectivity index (χ0) is 19.6. The van der Waals surface area contributed by atoms with Gasteiger partial charge in [-0.05, 0) is 42.8 Å². The number of carbonyl (C=O) groups excluding carboxylic acids is 1. The van der Waals surface area contributed by atoms with Crippen molar-refractivity contribution >= 4 is 11.6 Å². The maximum atomic E-state index is 12.4. The molecule has 1 amide bonds. The van der Waals surface area contributed by atoms with Gasteiger partial charge in [-0.25, -0.2) is 9.97 Å². The number of aromatic nitrogens is 2. The molecule has 0 unspecified atom stereocenters. The summed E-state index contributed by atoms with van der Waals surface area (Å²) in [6.07, 6.45) is 6.36. The molecule has 0 aliphatic carbocycles. The highest BCUT2D eigenvalue weighted by molar-refractivity contribution is 6.04. The lowest BCUT2D eigenvalue weighted by Crippen LogP contribution is -2.12. The van der Waals surface area contributed by atoms with Gasteiger partial charge in [-0.3, -0.25) is 4.79 Å². The quantitative estimate of drug-likeness (QED) is 0.526. The van der Waals surface area contributed by atoms with E-state index >= 15 is 0 Å². The fraction of sp³-hybridized carbons (Fsp3) is 0.227. The minimum Gasteiger partial charge on any atom is -0.494 e. The highest BCUT2D eigenvalue weighted by Gasteiger charge is 2.08. The fourth-order valence-corrected chi connectivity index (χ4v) is 2.48. The lowest BCUT2D eigenvalue weighted by atomic mass is 10.2. The zero-order valence-electron chi connectivity index (χ0n) is 15.8. The summed E-state index contributed by atoms with van der Waals surface area (Å²) in [7, 11) is 0. The smallest absolute Gasteiger partial charge is 0.322 e. The minimum atomic E-state index is -0.238. The molecule has 0 spiro atoms. The van der Waals surface area contributed by atoms with Crippen LogP contribution < -0.4 is 14.8 Å². The number of amides is 1. The highest BCUT2D eigenvalue weighted by atomic mass is 16.5. The van der Waals surface area contributed by atoms with E-state index in [1.165, 1.54) is 12.4 Å². The van der Waals surface area contributed by atoms with Crippen molar-refractivity contribution in [1.29, 1.82) is 0 Å². The molecule has 0 bridgehead atoms. The number of carbonyl (C=O) groups is 1. The summed E-state index contributed by atoms with van der Waals surface area (Å²) >= 11 is 0. The first kappa shape index (κ1) is 19.4. The van der Waals surface area contributed by atoms with Crippen LogP contribution in [0.4, 0.5) is 5.69 Å². The van der Waals surface area contributed by atoms with Crippen molar-refractivity contribution in [3.05, 3.63) is 72.6 Å². The fourth-order valence-electron chi connectivity index (χ4n) is 2.48. The molecule has 0 saturated carbocycles. The molecule has 6 heteroatoms. The van der Waals surface area contributed by atoms with E-state index in [4.69, 9.17) is 9.47 Å². The van der Waals surface area contributed by atoms with Gasteiger partial charge in [0.15, 0.2) is 0 Å². The standard InChI is InChI=1S/C22H23N3O3/c1-2-3-7-14-27-19-12-10-17(11-13-19)21(26)25-18-15-23-22(24-16-18)28-20-8-5-4-6-9-20/h4-6,8-13,15-16H,2-3,7,14H2,1H3,(H,25,26). The Balaban J connectivity index is 1.52. The average molecular weight is 377 g/mol. The number of benzene rings is 2. The third-order valence-electron chi connectivity index (χ3n) is 3.97. The molecule has 6 nitrogen and oxygen atoms in total. The molecule has 2 aromatic carbocycles. The summed E-state index contributed by atoms with van der Waals surface area (Å²) in [5.74, 6) is 1.17. The Bertz CT molecular complexity index is 866. The Labute approximate surface area is 164 Å². The van der Waals surface area contributed by atoms with Crippen LogP contribution >= 0.6 is 0 Å². The van der Waals surface area contributed by atoms with E-state index < -0.39 is 0 Å². The van der Waals surface area contributed by atoms with Crippen LogP contribution in [-0.2, 0) is 0 Å². The van der Waals surface area contributed by atoms with Crippen molar-refractivity contribution in [2.24, 2.45) is 0 Å². The lowest BCUT2D eigenvalue weighted by Gasteiger charge is -2.08. The number of anilines is 1. The number of unbranched alkanes of at least 4 members (excludes halogenated alkanes) is 2. The molecular weight excluding hydrogens is 354 g/mol. The number of nitrogens with one attached hydrogen (secondary N) is 1. The number of para-hydroxylation sites is 1. The van der Waals surface area contributed by atoms with Gasteiger partial charge in [-0.15, -0.1) is 0 Å². The van der Waals surface area contributed by atoms with Gasteiger partial charge < -0.3 is 14.8 Å². The number of hydrogen-bond acceptors (Lipinski definition) is 5. The Morgan fingerprint density at radius 3 is 2.32 bits per heavy atom. The van der Waals surface area contributed by atoms with Crippen molar-refractivity contribution in [2.45, 2.75) is 26.2 Å². The summed E-state index contributed by atoms with van der Waals surface area (Å²) in [6.45, 7) is 2.84. The van der Waals surface area contributed by atoms with Gasteiger partial charge in [0.25, 0.3) is 5.91 Å². The van der Waals surface area contributed by atoms with Gasteiger partial charge in [-0.2, -0.15) is 0 Å². The highest BCUT2D eigenvalue weighted by Crippen LogP contribution is 2.18. The Hall–Kier alpha value is -3.41. The van der Waals surface area contributed by atoms with Crippen LogP contribution in [0.25, 0.3) is 0 Å². The van der Waals surface area contributed by atoms with Crippen molar-refractivity contribution in [3.8, 4) is 17.5 Å². The van der Waals surface area contributed by atoms with Crippen LogP contribution in [-0.4, -0.2) is 22.5 Å². The molecule has 3 aromatic rings.